The lowest BCUT2D eigenvalue weighted by Gasteiger charge is -2.13. The van der Waals surface area contributed by atoms with Crippen LogP contribution in [0.15, 0.2) is 42.5 Å². The van der Waals surface area contributed by atoms with Crippen molar-refractivity contribution in [2.75, 3.05) is 5.32 Å². The Morgan fingerprint density at radius 1 is 1.12 bits per heavy atom. The third-order valence-corrected chi connectivity index (χ3v) is 3.76. The van der Waals surface area contributed by atoms with Crippen molar-refractivity contribution in [3.05, 3.63) is 59.2 Å². The molecular weight excluding hydrogens is 306 g/mol. The van der Waals surface area contributed by atoms with Crippen LogP contribution in [0.3, 0.4) is 0 Å². The van der Waals surface area contributed by atoms with Gasteiger partial charge in [0.15, 0.2) is 0 Å². The topological polar surface area (TPSA) is 75.6 Å². The van der Waals surface area contributed by atoms with Crippen LogP contribution in [-0.4, -0.2) is 23.1 Å². The minimum atomic E-state index is -1.03. The fourth-order valence-corrected chi connectivity index (χ4v) is 2.08. The van der Waals surface area contributed by atoms with Gasteiger partial charge in [0, 0.05) is 11.3 Å². The van der Waals surface area contributed by atoms with E-state index in [4.69, 9.17) is 9.84 Å². The number of hydrogen-bond acceptors (Lipinski definition) is 3. The lowest BCUT2D eigenvalue weighted by molar-refractivity contribution is 0.0696. The highest BCUT2D eigenvalue weighted by Gasteiger charge is 2.11. The van der Waals surface area contributed by atoms with E-state index in [9.17, 15) is 9.59 Å². The zero-order valence-electron chi connectivity index (χ0n) is 14.0. The first kappa shape index (κ1) is 17.5. The minimum Gasteiger partial charge on any atom is -0.491 e. The highest BCUT2D eigenvalue weighted by Crippen LogP contribution is 2.19. The van der Waals surface area contributed by atoms with Crippen LogP contribution in [0.1, 0.15) is 46.5 Å². The third-order valence-electron chi connectivity index (χ3n) is 3.76. The van der Waals surface area contributed by atoms with E-state index in [0.29, 0.717) is 17.0 Å². The molecule has 0 fully saturated rings. The van der Waals surface area contributed by atoms with E-state index in [-0.39, 0.29) is 17.6 Å². The lowest BCUT2D eigenvalue weighted by atomic mass is 10.1. The van der Waals surface area contributed by atoms with Crippen molar-refractivity contribution in [1.82, 2.24) is 0 Å². The Kier molecular flexibility index (Phi) is 5.58. The average Bonchev–Trinajstić information content (AvgIpc) is 2.57. The van der Waals surface area contributed by atoms with Crippen LogP contribution in [0.4, 0.5) is 5.69 Å². The summed E-state index contributed by atoms with van der Waals surface area (Å²) in [4.78, 5) is 23.4. The monoisotopic (exact) mass is 327 g/mol. The summed E-state index contributed by atoms with van der Waals surface area (Å²) in [6.45, 7) is 5.84. The number of hydrogen-bond donors (Lipinski definition) is 2. The molecule has 126 valence electrons. The number of benzene rings is 2. The van der Waals surface area contributed by atoms with Crippen molar-refractivity contribution in [3.8, 4) is 5.75 Å². The van der Waals surface area contributed by atoms with Gasteiger partial charge < -0.3 is 15.2 Å². The van der Waals surface area contributed by atoms with E-state index < -0.39 is 5.97 Å². The number of aryl methyl sites for hydroxylation is 1. The summed E-state index contributed by atoms with van der Waals surface area (Å²) < 4.78 is 5.68. The number of carbonyl (C=O) groups excluding carboxylic acids is 1. The van der Waals surface area contributed by atoms with Gasteiger partial charge in [-0.15, -0.1) is 0 Å². The van der Waals surface area contributed by atoms with Crippen LogP contribution in [0.5, 0.6) is 5.75 Å². The van der Waals surface area contributed by atoms with Crippen molar-refractivity contribution in [2.45, 2.75) is 33.3 Å². The Morgan fingerprint density at radius 2 is 1.75 bits per heavy atom. The highest BCUT2D eigenvalue weighted by atomic mass is 16.5. The van der Waals surface area contributed by atoms with Crippen LogP contribution in [0.2, 0.25) is 0 Å². The van der Waals surface area contributed by atoms with Gasteiger partial charge in [-0.3, -0.25) is 4.79 Å². The Hall–Kier alpha value is -2.82. The highest BCUT2D eigenvalue weighted by molar-refractivity contribution is 6.05. The fraction of sp³-hybridized carbons (Fsp3) is 0.263. The molecule has 0 saturated heterocycles. The van der Waals surface area contributed by atoms with Gasteiger partial charge in [0.05, 0.1) is 11.7 Å². The molecule has 2 rings (SSSR count). The standard InChI is InChI=1S/C19H21NO4/c1-4-13(3)24-16-9-7-14(8-10-16)18(21)20-17-11-15(19(22)23)6-5-12(17)2/h5-11,13H,4H2,1-3H3,(H,20,21)(H,22,23). The van der Waals surface area contributed by atoms with E-state index >= 15 is 0 Å². The number of ether oxygens (including phenoxy) is 1. The van der Waals surface area contributed by atoms with Crippen molar-refractivity contribution in [1.29, 1.82) is 0 Å². The molecule has 5 nitrogen and oxygen atoms in total. The Bertz CT molecular complexity index is 738. The summed E-state index contributed by atoms with van der Waals surface area (Å²) in [5.41, 5.74) is 1.89. The number of carboxylic acid groups (broad SMARTS) is 1. The first-order valence-corrected chi connectivity index (χ1v) is 7.82. The molecular formula is C19H21NO4. The smallest absolute Gasteiger partial charge is 0.335 e. The van der Waals surface area contributed by atoms with E-state index in [1.807, 2.05) is 20.8 Å². The second kappa shape index (κ2) is 7.64. The molecule has 1 unspecified atom stereocenters. The van der Waals surface area contributed by atoms with Gasteiger partial charge in [-0.1, -0.05) is 13.0 Å². The molecule has 0 radical (unpaired) electrons. The van der Waals surface area contributed by atoms with E-state index in [1.54, 1.807) is 30.3 Å². The van der Waals surface area contributed by atoms with Gasteiger partial charge >= 0.3 is 5.97 Å². The van der Waals surface area contributed by atoms with Crippen LogP contribution >= 0.6 is 0 Å². The van der Waals surface area contributed by atoms with E-state index in [1.165, 1.54) is 12.1 Å². The van der Waals surface area contributed by atoms with Crippen LogP contribution in [-0.2, 0) is 0 Å². The Balaban J connectivity index is 2.12. The summed E-state index contributed by atoms with van der Waals surface area (Å²) in [6, 6.07) is 11.5. The summed E-state index contributed by atoms with van der Waals surface area (Å²) >= 11 is 0. The maximum atomic E-state index is 12.3. The van der Waals surface area contributed by atoms with Gasteiger partial charge in [0.2, 0.25) is 0 Å². The van der Waals surface area contributed by atoms with Crippen molar-refractivity contribution >= 4 is 17.6 Å². The molecule has 0 aromatic heterocycles. The molecule has 0 bridgehead atoms. The summed E-state index contributed by atoms with van der Waals surface area (Å²) in [6.07, 6.45) is 1.02. The minimum absolute atomic E-state index is 0.117. The van der Waals surface area contributed by atoms with E-state index in [2.05, 4.69) is 5.32 Å². The maximum Gasteiger partial charge on any atom is 0.335 e. The molecule has 2 N–H and O–H groups in total. The van der Waals surface area contributed by atoms with Crippen LogP contribution < -0.4 is 10.1 Å². The number of amides is 1. The first-order valence-electron chi connectivity index (χ1n) is 7.82. The maximum absolute atomic E-state index is 12.3. The summed E-state index contributed by atoms with van der Waals surface area (Å²) in [7, 11) is 0. The van der Waals surface area contributed by atoms with E-state index in [0.717, 1.165) is 12.0 Å². The molecule has 5 heteroatoms. The van der Waals surface area contributed by atoms with Crippen LogP contribution in [0.25, 0.3) is 0 Å². The third kappa shape index (κ3) is 4.35. The predicted molar refractivity (Wildman–Crippen MR) is 92.9 cm³/mol. The molecule has 0 heterocycles. The van der Waals surface area contributed by atoms with Gasteiger partial charge in [-0.2, -0.15) is 0 Å². The van der Waals surface area contributed by atoms with Crippen molar-refractivity contribution in [2.24, 2.45) is 0 Å². The number of aromatic carboxylic acids is 1. The molecule has 0 aliphatic carbocycles. The number of anilines is 1. The van der Waals surface area contributed by atoms with Crippen molar-refractivity contribution < 1.29 is 19.4 Å². The normalized spacial score (nSPS) is 11.6. The molecule has 0 saturated carbocycles. The summed E-state index contributed by atoms with van der Waals surface area (Å²) in [5.74, 6) is -0.613. The molecule has 1 atom stereocenters. The largest absolute Gasteiger partial charge is 0.491 e. The predicted octanol–water partition coefficient (Wildman–Crippen LogP) is 4.12. The zero-order valence-corrected chi connectivity index (χ0v) is 14.0. The number of nitrogens with one attached hydrogen (secondary N) is 1. The molecule has 0 aliphatic rings. The number of rotatable bonds is 6. The molecule has 1 amide bonds. The fourth-order valence-electron chi connectivity index (χ4n) is 2.08. The van der Waals surface area contributed by atoms with Gasteiger partial charge in [0.1, 0.15) is 5.75 Å². The zero-order chi connectivity index (χ0) is 17.7. The average molecular weight is 327 g/mol. The second-order valence-electron chi connectivity index (χ2n) is 5.65. The SMILES string of the molecule is CCC(C)Oc1ccc(C(=O)Nc2cc(C(=O)O)ccc2C)cc1. The Morgan fingerprint density at radius 3 is 2.33 bits per heavy atom. The second-order valence-corrected chi connectivity index (χ2v) is 5.65. The van der Waals surface area contributed by atoms with Gasteiger partial charge in [0.25, 0.3) is 5.91 Å². The molecule has 2 aromatic rings. The van der Waals surface area contributed by atoms with Gasteiger partial charge in [-0.25, -0.2) is 4.79 Å². The lowest BCUT2D eigenvalue weighted by Crippen LogP contribution is -2.14. The quantitative estimate of drug-likeness (QED) is 0.836. The van der Waals surface area contributed by atoms with Gasteiger partial charge in [-0.05, 0) is 62.2 Å². The van der Waals surface area contributed by atoms with Crippen molar-refractivity contribution in [3.63, 3.8) is 0 Å². The first-order chi connectivity index (χ1) is 11.4. The molecule has 24 heavy (non-hydrogen) atoms. The molecule has 0 spiro atoms. The molecule has 0 aliphatic heterocycles. The molecule has 2 aromatic carbocycles. The number of carbonyl (C=O) groups is 2. The number of carboxylic acids is 1. The van der Waals surface area contributed by atoms with Crippen LogP contribution in [0, 0.1) is 6.92 Å². The Labute approximate surface area is 141 Å². The summed E-state index contributed by atoms with van der Waals surface area (Å²) in [5, 5.41) is 11.8.